The minimum Gasteiger partial charge on any atom is -0.399 e. The van der Waals surface area contributed by atoms with Crippen molar-refractivity contribution in [2.75, 3.05) is 17.2 Å². The summed E-state index contributed by atoms with van der Waals surface area (Å²) in [5.41, 5.74) is 10.1. The van der Waals surface area contributed by atoms with Crippen LogP contribution < -0.4 is 10.6 Å². The van der Waals surface area contributed by atoms with Gasteiger partial charge in [0.15, 0.2) is 0 Å². The molecule has 96 valence electrons. The van der Waals surface area contributed by atoms with E-state index in [0.717, 1.165) is 29.1 Å². The van der Waals surface area contributed by atoms with Crippen LogP contribution in [0.5, 0.6) is 0 Å². The van der Waals surface area contributed by atoms with Gasteiger partial charge in [0.2, 0.25) is 0 Å². The Labute approximate surface area is 111 Å². The monoisotopic (exact) mass is 253 g/mol. The van der Waals surface area contributed by atoms with E-state index in [2.05, 4.69) is 4.98 Å². The first kappa shape index (κ1) is 11.7. The van der Waals surface area contributed by atoms with Crippen LogP contribution in [0.4, 0.5) is 11.4 Å². The molecule has 1 aliphatic rings. The Morgan fingerprint density at radius 2 is 2.16 bits per heavy atom. The maximum Gasteiger partial charge on any atom is 0.258 e. The van der Waals surface area contributed by atoms with Crippen LogP contribution in [-0.4, -0.2) is 17.4 Å². The van der Waals surface area contributed by atoms with E-state index in [4.69, 9.17) is 5.73 Å². The topological polar surface area (TPSA) is 59.2 Å². The molecule has 0 spiro atoms. The lowest BCUT2D eigenvalue weighted by Gasteiger charge is -2.17. The molecule has 0 radical (unpaired) electrons. The van der Waals surface area contributed by atoms with Crippen molar-refractivity contribution in [3.63, 3.8) is 0 Å². The first-order valence-corrected chi connectivity index (χ1v) is 6.28. The third kappa shape index (κ3) is 2.05. The van der Waals surface area contributed by atoms with E-state index >= 15 is 0 Å². The second kappa shape index (κ2) is 4.39. The lowest BCUT2D eigenvalue weighted by Crippen LogP contribution is -2.28. The van der Waals surface area contributed by atoms with E-state index < -0.39 is 0 Å². The number of fused-ring (bicyclic) bond motifs is 1. The Kier molecular flexibility index (Phi) is 2.71. The third-order valence-electron chi connectivity index (χ3n) is 3.39. The normalized spacial score (nSPS) is 13.4. The molecule has 0 saturated carbocycles. The molecule has 2 N–H and O–H groups in total. The highest BCUT2D eigenvalue weighted by Crippen LogP contribution is 2.30. The summed E-state index contributed by atoms with van der Waals surface area (Å²) in [4.78, 5) is 18.4. The molecule has 0 saturated heterocycles. The lowest BCUT2D eigenvalue weighted by molar-refractivity contribution is 0.0989. The highest BCUT2D eigenvalue weighted by Gasteiger charge is 2.25. The fourth-order valence-corrected chi connectivity index (χ4v) is 2.47. The van der Waals surface area contributed by atoms with Crippen molar-refractivity contribution >= 4 is 17.3 Å². The fraction of sp³-hybridized carbons (Fsp3) is 0.200. The van der Waals surface area contributed by atoms with Crippen LogP contribution in [0.25, 0.3) is 0 Å². The Morgan fingerprint density at radius 3 is 2.95 bits per heavy atom. The molecule has 2 aromatic rings. The van der Waals surface area contributed by atoms with E-state index in [-0.39, 0.29) is 5.91 Å². The first-order chi connectivity index (χ1) is 9.15. The molecular formula is C15H15N3O. The van der Waals surface area contributed by atoms with E-state index in [1.807, 2.05) is 36.1 Å². The lowest BCUT2D eigenvalue weighted by atomic mass is 10.1. The van der Waals surface area contributed by atoms with E-state index in [9.17, 15) is 4.79 Å². The van der Waals surface area contributed by atoms with Gasteiger partial charge in [-0.25, -0.2) is 0 Å². The van der Waals surface area contributed by atoms with E-state index in [0.29, 0.717) is 12.1 Å². The molecular weight excluding hydrogens is 238 g/mol. The predicted molar refractivity (Wildman–Crippen MR) is 75.2 cm³/mol. The van der Waals surface area contributed by atoms with Crippen molar-refractivity contribution in [2.24, 2.45) is 0 Å². The molecule has 3 rings (SSSR count). The maximum atomic E-state index is 12.5. The molecule has 1 aromatic carbocycles. The van der Waals surface area contributed by atoms with Gasteiger partial charge in [0.05, 0.1) is 0 Å². The number of hydrogen-bond donors (Lipinski definition) is 1. The minimum absolute atomic E-state index is 0.0222. The second-order valence-electron chi connectivity index (χ2n) is 4.78. The second-order valence-corrected chi connectivity index (χ2v) is 4.78. The van der Waals surface area contributed by atoms with Gasteiger partial charge in [0, 0.05) is 35.4 Å². The Hall–Kier alpha value is -2.36. The number of benzene rings is 1. The minimum atomic E-state index is 0.0222. The number of carbonyl (C=O) groups is 1. The largest absolute Gasteiger partial charge is 0.399 e. The summed E-state index contributed by atoms with van der Waals surface area (Å²) in [6.45, 7) is 2.59. The number of hydrogen-bond acceptors (Lipinski definition) is 3. The van der Waals surface area contributed by atoms with Crippen molar-refractivity contribution < 1.29 is 4.79 Å². The quantitative estimate of drug-likeness (QED) is 0.792. The molecule has 1 aromatic heterocycles. The Balaban J connectivity index is 1.95. The summed E-state index contributed by atoms with van der Waals surface area (Å²) in [5, 5.41) is 0. The number of nitrogen functional groups attached to an aromatic ring is 1. The molecule has 4 heteroatoms. The standard InChI is InChI=1S/C15H15N3O/c1-10-8-12(4-6-17-10)15(19)18-7-5-11-9-13(16)2-3-14(11)18/h2-4,6,8-9H,5,7,16H2,1H3. The average Bonchev–Trinajstić information content (AvgIpc) is 2.80. The zero-order valence-corrected chi connectivity index (χ0v) is 10.8. The molecule has 0 atom stereocenters. The van der Waals surface area contributed by atoms with Crippen LogP contribution in [0.15, 0.2) is 36.5 Å². The van der Waals surface area contributed by atoms with Gasteiger partial charge in [-0.3, -0.25) is 9.78 Å². The van der Waals surface area contributed by atoms with Crippen LogP contribution in [0.1, 0.15) is 21.6 Å². The van der Waals surface area contributed by atoms with Gasteiger partial charge >= 0.3 is 0 Å². The zero-order valence-electron chi connectivity index (χ0n) is 10.8. The van der Waals surface area contributed by atoms with Crippen LogP contribution in [0.2, 0.25) is 0 Å². The number of amides is 1. The average molecular weight is 253 g/mol. The van der Waals surface area contributed by atoms with Gasteiger partial charge in [0.1, 0.15) is 0 Å². The fourth-order valence-electron chi connectivity index (χ4n) is 2.47. The summed E-state index contributed by atoms with van der Waals surface area (Å²) < 4.78 is 0. The number of nitrogens with two attached hydrogens (primary N) is 1. The molecule has 0 fully saturated rings. The number of rotatable bonds is 1. The van der Waals surface area contributed by atoms with Gasteiger partial charge in [-0.2, -0.15) is 0 Å². The molecule has 1 aliphatic heterocycles. The van der Waals surface area contributed by atoms with Gasteiger partial charge in [-0.15, -0.1) is 0 Å². The molecule has 19 heavy (non-hydrogen) atoms. The predicted octanol–water partition coefficient (Wildman–Crippen LogP) is 2.18. The summed E-state index contributed by atoms with van der Waals surface area (Å²) in [6, 6.07) is 9.27. The smallest absolute Gasteiger partial charge is 0.258 e. The van der Waals surface area contributed by atoms with Crippen LogP contribution in [0.3, 0.4) is 0 Å². The summed E-state index contributed by atoms with van der Waals surface area (Å²) in [5.74, 6) is 0.0222. The molecule has 0 aliphatic carbocycles. The SMILES string of the molecule is Cc1cc(C(=O)N2CCc3cc(N)ccc32)ccn1. The van der Waals surface area contributed by atoms with Crippen LogP contribution >= 0.6 is 0 Å². The van der Waals surface area contributed by atoms with Crippen LogP contribution in [-0.2, 0) is 6.42 Å². The van der Waals surface area contributed by atoms with Crippen LogP contribution in [0, 0.1) is 6.92 Å². The molecule has 1 amide bonds. The number of aryl methyl sites for hydroxylation is 1. The molecule has 0 unspecified atom stereocenters. The number of carbonyl (C=O) groups excluding carboxylic acids is 1. The number of pyridine rings is 1. The van der Waals surface area contributed by atoms with Gasteiger partial charge in [-0.05, 0) is 49.2 Å². The Morgan fingerprint density at radius 1 is 1.32 bits per heavy atom. The number of anilines is 2. The summed E-state index contributed by atoms with van der Waals surface area (Å²) >= 11 is 0. The number of nitrogens with zero attached hydrogens (tertiary/aromatic N) is 2. The van der Waals surface area contributed by atoms with E-state index in [1.54, 1.807) is 12.3 Å². The van der Waals surface area contributed by atoms with Crippen molar-refractivity contribution in [3.8, 4) is 0 Å². The molecule has 2 heterocycles. The molecule has 4 nitrogen and oxygen atoms in total. The summed E-state index contributed by atoms with van der Waals surface area (Å²) in [6.07, 6.45) is 2.53. The first-order valence-electron chi connectivity index (χ1n) is 6.28. The third-order valence-corrected chi connectivity index (χ3v) is 3.39. The zero-order chi connectivity index (χ0) is 13.4. The summed E-state index contributed by atoms with van der Waals surface area (Å²) in [7, 11) is 0. The van der Waals surface area contributed by atoms with Crippen molar-refractivity contribution in [1.82, 2.24) is 4.98 Å². The highest BCUT2D eigenvalue weighted by molar-refractivity contribution is 6.07. The van der Waals surface area contributed by atoms with Crippen molar-refractivity contribution in [3.05, 3.63) is 53.3 Å². The van der Waals surface area contributed by atoms with Gasteiger partial charge in [-0.1, -0.05) is 0 Å². The molecule has 0 bridgehead atoms. The number of aromatic nitrogens is 1. The van der Waals surface area contributed by atoms with E-state index in [1.165, 1.54) is 0 Å². The van der Waals surface area contributed by atoms with Gasteiger partial charge < -0.3 is 10.6 Å². The maximum absolute atomic E-state index is 12.5. The Bertz CT molecular complexity index is 652. The van der Waals surface area contributed by atoms with Gasteiger partial charge in [0.25, 0.3) is 5.91 Å². The highest BCUT2D eigenvalue weighted by atomic mass is 16.2. The van der Waals surface area contributed by atoms with Crippen molar-refractivity contribution in [2.45, 2.75) is 13.3 Å². The van der Waals surface area contributed by atoms with Crippen molar-refractivity contribution in [1.29, 1.82) is 0 Å².